The van der Waals surface area contributed by atoms with Crippen LogP contribution < -0.4 is 11.1 Å². The van der Waals surface area contributed by atoms with Gasteiger partial charge < -0.3 is 11.1 Å². The van der Waals surface area contributed by atoms with E-state index in [0.717, 1.165) is 21.8 Å². The monoisotopic (exact) mass is 305 g/mol. The molecule has 2 rings (SSSR count). The molecule has 104 valence electrons. The Kier molecular flexibility index (Phi) is 4.57. The van der Waals surface area contributed by atoms with E-state index >= 15 is 0 Å². The van der Waals surface area contributed by atoms with Gasteiger partial charge in [0.25, 0.3) is 0 Å². The summed E-state index contributed by atoms with van der Waals surface area (Å²) in [5, 5.41) is 4.07. The van der Waals surface area contributed by atoms with Crippen molar-refractivity contribution in [3.8, 4) is 0 Å². The Morgan fingerprint density at radius 1 is 1.25 bits per heavy atom. The van der Waals surface area contributed by atoms with Crippen LogP contribution in [0.25, 0.3) is 0 Å². The summed E-state index contributed by atoms with van der Waals surface area (Å²) in [5.41, 5.74) is 8.52. The third-order valence-corrected chi connectivity index (χ3v) is 3.50. The fourth-order valence-corrected chi connectivity index (χ4v) is 2.20. The Morgan fingerprint density at radius 3 is 2.50 bits per heavy atom. The van der Waals surface area contributed by atoms with Gasteiger partial charge in [-0.15, -0.1) is 0 Å². The van der Waals surface area contributed by atoms with E-state index < -0.39 is 0 Å². The average Bonchev–Trinajstić information content (AvgIpc) is 2.39. The Morgan fingerprint density at radius 2 is 1.90 bits per heavy atom. The largest absolute Gasteiger partial charge is 0.389 e. The molecule has 0 aliphatic carbocycles. The van der Waals surface area contributed by atoms with Crippen LogP contribution in [0.4, 0.5) is 5.82 Å². The molecule has 0 saturated heterocycles. The first-order chi connectivity index (χ1) is 9.47. The summed E-state index contributed by atoms with van der Waals surface area (Å²) in [6.45, 7) is 3.98. The lowest BCUT2D eigenvalue weighted by molar-refractivity contribution is 0.872. The van der Waals surface area contributed by atoms with Crippen molar-refractivity contribution in [1.29, 1.82) is 0 Å². The zero-order valence-electron chi connectivity index (χ0n) is 11.4. The molecule has 1 heterocycles. The maximum atomic E-state index is 5.90. The normalized spacial score (nSPS) is 11.9. The molecule has 0 aliphatic heterocycles. The minimum absolute atomic E-state index is 0.0784. The highest BCUT2D eigenvalue weighted by atomic mass is 35.5. The lowest BCUT2D eigenvalue weighted by Crippen LogP contribution is -2.16. The molecule has 0 radical (unpaired) electrons. The molecule has 0 aliphatic rings. The minimum Gasteiger partial charge on any atom is -0.389 e. The smallest absolute Gasteiger partial charge is 0.136 e. The SMILES string of the molecule is Cc1ccc(C(N)=S)c(NC(C)c2ccc(Cl)cc2)n1. The van der Waals surface area contributed by atoms with E-state index in [2.05, 4.69) is 17.2 Å². The van der Waals surface area contributed by atoms with Crippen LogP contribution in [0.1, 0.15) is 29.8 Å². The number of benzene rings is 1. The van der Waals surface area contributed by atoms with Crippen molar-refractivity contribution in [3.63, 3.8) is 0 Å². The number of halogens is 1. The van der Waals surface area contributed by atoms with E-state index in [-0.39, 0.29) is 6.04 Å². The summed E-state index contributed by atoms with van der Waals surface area (Å²) in [6.07, 6.45) is 0. The van der Waals surface area contributed by atoms with Crippen LogP contribution in [0.2, 0.25) is 5.02 Å². The van der Waals surface area contributed by atoms with Crippen LogP contribution in [0.5, 0.6) is 0 Å². The van der Waals surface area contributed by atoms with Crippen LogP contribution in [-0.4, -0.2) is 9.97 Å². The number of hydrogen-bond acceptors (Lipinski definition) is 3. The summed E-state index contributed by atoms with van der Waals surface area (Å²) in [7, 11) is 0. The highest BCUT2D eigenvalue weighted by Gasteiger charge is 2.11. The van der Waals surface area contributed by atoms with Gasteiger partial charge in [-0.2, -0.15) is 0 Å². The summed E-state index contributed by atoms with van der Waals surface area (Å²) >= 11 is 11.0. The predicted molar refractivity (Wildman–Crippen MR) is 88.4 cm³/mol. The molecule has 5 heteroatoms. The molecule has 3 N–H and O–H groups in total. The van der Waals surface area contributed by atoms with Crippen molar-refractivity contribution in [2.75, 3.05) is 5.32 Å². The molecule has 1 aromatic carbocycles. The van der Waals surface area contributed by atoms with Crippen LogP contribution in [-0.2, 0) is 0 Å². The molecule has 3 nitrogen and oxygen atoms in total. The van der Waals surface area contributed by atoms with Crippen molar-refractivity contribution in [2.45, 2.75) is 19.9 Å². The summed E-state index contributed by atoms with van der Waals surface area (Å²) in [6, 6.07) is 11.6. The summed E-state index contributed by atoms with van der Waals surface area (Å²) in [4.78, 5) is 4.81. The molecule has 0 saturated carbocycles. The second-order valence-electron chi connectivity index (χ2n) is 4.63. The van der Waals surface area contributed by atoms with E-state index in [1.807, 2.05) is 43.3 Å². The number of aryl methyl sites for hydroxylation is 1. The van der Waals surface area contributed by atoms with Crippen molar-refractivity contribution >= 4 is 34.6 Å². The number of nitrogens with zero attached hydrogens (tertiary/aromatic N) is 1. The fraction of sp³-hybridized carbons (Fsp3) is 0.200. The highest BCUT2D eigenvalue weighted by Crippen LogP contribution is 2.22. The number of pyridine rings is 1. The van der Waals surface area contributed by atoms with Gasteiger partial charge in [-0.3, -0.25) is 0 Å². The van der Waals surface area contributed by atoms with Gasteiger partial charge in [0.1, 0.15) is 10.8 Å². The molecule has 2 aromatic rings. The quantitative estimate of drug-likeness (QED) is 0.842. The predicted octanol–water partition coefficient (Wildman–Crippen LogP) is 3.85. The van der Waals surface area contributed by atoms with E-state index in [9.17, 15) is 0 Å². The standard InChI is InChI=1S/C15H16ClN3S/c1-9-3-8-13(14(17)20)15(18-9)19-10(2)11-4-6-12(16)7-5-11/h3-8,10H,1-2H3,(H2,17,20)(H,18,19). The zero-order chi connectivity index (χ0) is 14.7. The Labute approximate surface area is 129 Å². The van der Waals surface area contributed by atoms with Crippen molar-refractivity contribution < 1.29 is 0 Å². The third kappa shape index (κ3) is 3.46. The molecule has 0 bridgehead atoms. The molecule has 0 fully saturated rings. The first kappa shape index (κ1) is 14.8. The first-order valence-corrected chi connectivity index (χ1v) is 7.05. The number of hydrogen-bond donors (Lipinski definition) is 2. The van der Waals surface area contributed by atoms with Crippen LogP contribution in [0.3, 0.4) is 0 Å². The van der Waals surface area contributed by atoms with E-state index in [4.69, 9.17) is 29.6 Å². The first-order valence-electron chi connectivity index (χ1n) is 6.27. The van der Waals surface area contributed by atoms with Gasteiger partial charge in [0.05, 0.1) is 5.56 Å². The number of aromatic nitrogens is 1. The Balaban J connectivity index is 2.27. The lowest BCUT2D eigenvalue weighted by atomic mass is 10.1. The number of rotatable bonds is 4. The molecular weight excluding hydrogens is 290 g/mol. The van der Waals surface area contributed by atoms with Crippen LogP contribution >= 0.6 is 23.8 Å². The van der Waals surface area contributed by atoms with Gasteiger partial charge in [0.15, 0.2) is 0 Å². The molecular formula is C15H16ClN3S. The second-order valence-corrected chi connectivity index (χ2v) is 5.51. The Hall–Kier alpha value is -1.65. The number of nitrogens with two attached hydrogens (primary N) is 1. The number of anilines is 1. The fourth-order valence-electron chi connectivity index (χ4n) is 1.91. The summed E-state index contributed by atoms with van der Waals surface area (Å²) in [5.74, 6) is 0.708. The number of nitrogens with one attached hydrogen (secondary N) is 1. The van der Waals surface area contributed by atoms with Crippen LogP contribution in [0, 0.1) is 6.92 Å². The van der Waals surface area contributed by atoms with Gasteiger partial charge in [0.2, 0.25) is 0 Å². The van der Waals surface area contributed by atoms with E-state index in [0.29, 0.717) is 10.8 Å². The highest BCUT2D eigenvalue weighted by molar-refractivity contribution is 7.80. The molecule has 1 unspecified atom stereocenters. The second kappa shape index (κ2) is 6.20. The number of thiocarbonyl (C=S) groups is 1. The van der Waals surface area contributed by atoms with Gasteiger partial charge in [-0.1, -0.05) is 36.0 Å². The third-order valence-electron chi connectivity index (χ3n) is 3.02. The van der Waals surface area contributed by atoms with Crippen LogP contribution in [0.15, 0.2) is 36.4 Å². The minimum atomic E-state index is 0.0784. The van der Waals surface area contributed by atoms with E-state index in [1.165, 1.54) is 0 Å². The van der Waals surface area contributed by atoms with Crippen molar-refractivity contribution in [3.05, 3.63) is 58.2 Å². The summed E-state index contributed by atoms with van der Waals surface area (Å²) < 4.78 is 0. The topological polar surface area (TPSA) is 50.9 Å². The lowest BCUT2D eigenvalue weighted by Gasteiger charge is -2.17. The van der Waals surface area contributed by atoms with Crippen molar-refractivity contribution in [1.82, 2.24) is 4.98 Å². The molecule has 20 heavy (non-hydrogen) atoms. The molecule has 1 atom stereocenters. The zero-order valence-corrected chi connectivity index (χ0v) is 12.9. The molecule has 0 spiro atoms. The van der Waals surface area contributed by atoms with E-state index in [1.54, 1.807) is 0 Å². The van der Waals surface area contributed by atoms with Gasteiger partial charge in [-0.05, 0) is 43.7 Å². The Bertz CT molecular complexity index is 626. The van der Waals surface area contributed by atoms with Gasteiger partial charge >= 0.3 is 0 Å². The maximum Gasteiger partial charge on any atom is 0.136 e. The molecule has 0 amide bonds. The van der Waals surface area contributed by atoms with Gasteiger partial charge in [-0.25, -0.2) is 4.98 Å². The maximum absolute atomic E-state index is 5.90. The van der Waals surface area contributed by atoms with Gasteiger partial charge in [0, 0.05) is 16.8 Å². The average molecular weight is 306 g/mol. The van der Waals surface area contributed by atoms with Crippen molar-refractivity contribution in [2.24, 2.45) is 5.73 Å². The molecule has 1 aromatic heterocycles.